The van der Waals surface area contributed by atoms with Crippen molar-refractivity contribution in [2.45, 2.75) is 18.5 Å². The SMILES string of the molecule is Nc1nc2n(n1)[C@@H](c1ccc(F)cc1)C[C@H](c1ccc(F)cc1)N2. The Morgan fingerprint density at radius 1 is 0.958 bits per heavy atom. The largest absolute Gasteiger partial charge is 0.366 e. The lowest BCUT2D eigenvalue weighted by Crippen LogP contribution is -2.28. The summed E-state index contributed by atoms with van der Waals surface area (Å²) in [6.45, 7) is 0. The molecule has 24 heavy (non-hydrogen) atoms. The third-order valence-corrected chi connectivity index (χ3v) is 4.23. The minimum absolute atomic E-state index is 0.0725. The predicted octanol–water partition coefficient (Wildman–Crippen LogP) is 3.28. The highest BCUT2D eigenvalue weighted by Crippen LogP contribution is 2.37. The molecular weight excluding hydrogens is 312 g/mol. The van der Waals surface area contributed by atoms with Crippen LogP contribution in [0.1, 0.15) is 29.6 Å². The molecule has 1 aromatic heterocycles. The summed E-state index contributed by atoms with van der Waals surface area (Å²) in [5, 5.41) is 7.52. The number of hydrogen-bond acceptors (Lipinski definition) is 4. The van der Waals surface area contributed by atoms with E-state index >= 15 is 0 Å². The summed E-state index contributed by atoms with van der Waals surface area (Å²) < 4.78 is 28.1. The summed E-state index contributed by atoms with van der Waals surface area (Å²) in [6, 6.07) is 12.4. The Kier molecular flexibility index (Phi) is 3.41. The van der Waals surface area contributed by atoms with Gasteiger partial charge in [-0.1, -0.05) is 24.3 Å². The maximum Gasteiger partial charge on any atom is 0.241 e. The van der Waals surface area contributed by atoms with Gasteiger partial charge in [-0.05, 0) is 41.8 Å². The summed E-state index contributed by atoms with van der Waals surface area (Å²) in [7, 11) is 0. The third kappa shape index (κ3) is 2.58. The third-order valence-electron chi connectivity index (χ3n) is 4.23. The first-order valence-corrected chi connectivity index (χ1v) is 7.59. The van der Waals surface area contributed by atoms with Crippen molar-refractivity contribution in [2.24, 2.45) is 0 Å². The Morgan fingerprint density at radius 2 is 1.54 bits per heavy atom. The Bertz CT molecular complexity index is 858. The van der Waals surface area contributed by atoms with Crippen molar-refractivity contribution in [3.8, 4) is 0 Å². The second kappa shape index (κ2) is 5.59. The van der Waals surface area contributed by atoms with Gasteiger partial charge in [0.05, 0.1) is 12.1 Å². The lowest BCUT2D eigenvalue weighted by atomic mass is 9.93. The maximum absolute atomic E-state index is 13.2. The smallest absolute Gasteiger partial charge is 0.241 e. The molecular formula is C17H15F2N5. The van der Waals surface area contributed by atoms with Gasteiger partial charge in [-0.25, -0.2) is 13.5 Å². The highest BCUT2D eigenvalue weighted by Gasteiger charge is 2.30. The number of benzene rings is 2. The average Bonchev–Trinajstić information content (AvgIpc) is 2.95. The molecule has 1 aliphatic rings. The van der Waals surface area contributed by atoms with E-state index in [1.54, 1.807) is 28.9 Å². The van der Waals surface area contributed by atoms with E-state index in [0.717, 1.165) is 11.1 Å². The van der Waals surface area contributed by atoms with Gasteiger partial charge in [0.25, 0.3) is 0 Å². The van der Waals surface area contributed by atoms with Crippen molar-refractivity contribution in [2.75, 3.05) is 11.1 Å². The summed E-state index contributed by atoms with van der Waals surface area (Å²) in [5.41, 5.74) is 7.59. The van der Waals surface area contributed by atoms with Crippen LogP contribution in [0.15, 0.2) is 48.5 Å². The van der Waals surface area contributed by atoms with Crippen molar-refractivity contribution in [1.29, 1.82) is 0 Å². The van der Waals surface area contributed by atoms with E-state index in [1.165, 1.54) is 24.3 Å². The fourth-order valence-electron chi connectivity index (χ4n) is 3.07. The highest BCUT2D eigenvalue weighted by molar-refractivity contribution is 5.41. The molecule has 7 heteroatoms. The molecule has 3 aromatic rings. The molecule has 5 nitrogen and oxygen atoms in total. The average molecular weight is 327 g/mol. The summed E-state index contributed by atoms with van der Waals surface area (Å²) in [6.07, 6.45) is 0.660. The van der Waals surface area contributed by atoms with E-state index in [4.69, 9.17) is 5.73 Å². The molecule has 2 heterocycles. The molecule has 1 aliphatic heterocycles. The second-order valence-corrected chi connectivity index (χ2v) is 5.79. The maximum atomic E-state index is 13.2. The fourth-order valence-corrected chi connectivity index (χ4v) is 3.07. The van der Waals surface area contributed by atoms with Crippen molar-refractivity contribution in [3.63, 3.8) is 0 Å². The molecule has 0 bridgehead atoms. The topological polar surface area (TPSA) is 68.8 Å². The molecule has 0 radical (unpaired) electrons. The van der Waals surface area contributed by atoms with E-state index in [-0.39, 0.29) is 29.7 Å². The van der Waals surface area contributed by atoms with Crippen LogP contribution in [-0.4, -0.2) is 14.8 Å². The number of nitrogen functional groups attached to an aromatic ring is 1. The first-order chi connectivity index (χ1) is 11.6. The monoisotopic (exact) mass is 327 g/mol. The van der Waals surface area contributed by atoms with Crippen LogP contribution in [0.5, 0.6) is 0 Å². The zero-order chi connectivity index (χ0) is 16.7. The van der Waals surface area contributed by atoms with Gasteiger partial charge in [0.2, 0.25) is 11.9 Å². The van der Waals surface area contributed by atoms with E-state index in [9.17, 15) is 8.78 Å². The molecule has 0 saturated heterocycles. The van der Waals surface area contributed by atoms with Crippen LogP contribution >= 0.6 is 0 Å². The summed E-state index contributed by atoms with van der Waals surface area (Å²) in [5.74, 6) is 0.143. The van der Waals surface area contributed by atoms with Gasteiger partial charge in [0.1, 0.15) is 11.6 Å². The molecule has 2 aromatic carbocycles. The van der Waals surface area contributed by atoms with Gasteiger partial charge in [-0.2, -0.15) is 4.98 Å². The Balaban J connectivity index is 1.74. The van der Waals surface area contributed by atoms with Gasteiger partial charge in [0, 0.05) is 0 Å². The molecule has 4 rings (SSSR count). The minimum atomic E-state index is -0.291. The molecule has 122 valence electrons. The van der Waals surface area contributed by atoms with Gasteiger partial charge >= 0.3 is 0 Å². The van der Waals surface area contributed by atoms with E-state index < -0.39 is 0 Å². The summed E-state index contributed by atoms with van der Waals surface area (Å²) >= 11 is 0. The lowest BCUT2D eigenvalue weighted by Gasteiger charge is -2.31. The number of nitrogens with zero attached hydrogens (tertiary/aromatic N) is 3. The molecule has 0 aliphatic carbocycles. The molecule has 0 unspecified atom stereocenters. The van der Waals surface area contributed by atoms with Gasteiger partial charge in [0.15, 0.2) is 0 Å². The van der Waals surface area contributed by atoms with Gasteiger partial charge in [-0.3, -0.25) is 0 Å². The number of halogens is 2. The number of nitrogens with two attached hydrogens (primary N) is 1. The van der Waals surface area contributed by atoms with Gasteiger partial charge in [-0.15, -0.1) is 5.10 Å². The normalized spacial score (nSPS) is 19.6. The number of nitrogens with one attached hydrogen (secondary N) is 1. The minimum Gasteiger partial charge on any atom is -0.366 e. The molecule has 0 fully saturated rings. The molecule has 2 atom stereocenters. The van der Waals surface area contributed by atoms with E-state index in [1.807, 2.05) is 0 Å². The molecule has 0 saturated carbocycles. The fraction of sp³-hybridized carbons (Fsp3) is 0.176. The zero-order valence-corrected chi connectivity index (χ0v) is 12.7. The molecule has 3 N–H and O–H groups in total. The van der Waals surface area contributed by atoms with Gasteiger partial charge < -0.3 is 11.1 Å². The van der Waals surface area contributed by atoms with Crippen LogP contribution in [0.25, 0.3) is 0 Å². The van der Waals surface area contributed by atoms with E-state index in [0.29, 0.717) is 12.4 Å². The first kappa shape index (κ1) is 14.6. The molecule has 0 spiro atoms. The standard InChI is InChI=1S/C17H15F2N5/c18-12-5-1-10(2-6-12)14-9-15(11-3-7-13(19)8-4-11)24-17(21-14)22-16(20)23-24/h1-8,14-15H,9H2,(H3,20,21,22,23)/t14-,15-/m1/s1. The quantitative estimate of drug-likeness (QED) is 0.758. The van der Waals surface area contributed by atoms with Crippen molar-refractivity contribution in [3.05, 3.63) is 71.3 Å². The Hall–Kier alpha value is -2.96. The number of hydrogen-bond donors (Lipinski definition) is 2. The van der Waals surface area contributed by atoms with Crippen molar-refractivity contribution < 1.29 is 8.78 Å². The van der Waals surface area contributed by atoms with Crippen LogP contribution < -0.4 is 11.1 Å². The first-order valence-electron chi connectivity index (χ1n) is 7.59. The Labute approximate surface area is 137 Å². The van der Waals surface area contributed by atoms with Crippen molar-refractivity contribution in [1.82, 2.24) is 14.8 Å². The van der Waals surface area contributed by atoms with Crippen LogP contribution in [0.3, 0.4) is 0 Å². The van der Waals surface area contributed by atoms with Crippen LogP contribution in [0.2, 0.25) is 0 Å². The number of rotatable bonds is 2. The van der Waals surface area contributed by atoms with Crippen LogP contribution in [0, 0.1) is 11.6 Å². The number of aromatic nitrogens is 3. The number of fused-ring (bicyclic) bond motifs is 1. The zero-order valence-electron chi connectivity index (χ0n) is 12.7. The molecule has 0 amide bonds. The second-order valence-electron chi connectivity index (χ2n) is 5.79. The Morgan fingerprint density at radius 3 is 2.17 bits per heavy atom. The summed E-state index contributed by atoms with van der Waals surface area (Å²) in [4.78, 5) is 4.21. The van der Waals surface area contributed by atoms with E-state index in [2.05, 4.69) is 15.4 Å². The number of anilines is 2. The predicted molar refractivity (Wildman–Crippen MR) is 86.4 cm³/mol. The lowest BCUT2D eigenvalue weighted by molar-refractivity contribution is 0.431. The highest BCUT2D eigenvalue weighted by atomic mass is 19.1. The van der Waals surface area contributed by atoms with Crippen LogP contribution in [-0.2, 0) is 0 Å². The van der Waals surface area contributed by atoms with Crippen LogP contribution in [0.4, 0.5) is 20.7 Å². The van der Waals surface area contributed by atoms with Crippen molar-refractivity contribution >= 4 is 11.9 Å².